The van der Waals surface area contributed by atoms with Crippen molar-refractivity contribution < 1.29 is 19.1 Å². The monoisotopic (exact) mass is 548 g/mol. The van der Waals surface area contributed by atoms with Crippen LogP contribution in [0, 0.1) is 0 Å². The van der Waals surface area contributed by atoms with Crippen molar-refractivity contribution in [2.45, 2.75) is 25.6 Å². The second-order valence-corrected chi connectivity index (χ2v) is 11.5. The van der Waals surface area contributed by atoms with Gasteiger partial charge < -0.3 is 29.2 Å². The van der Waals surface area contributed by atoms with E-state index in [1.165, 1.54) is 39.5 Å². The van der Waals surface area contributed by atoms with E-state index in [1.54, 1.807) is 18.6 Å². The number of ether oxygens (including phenoxy) is 2. The fraction of sp³-hybridized carbons (Fsp3) is 0.286. The van der Waals surface area contributed by atoms with Gasteiger partial charge in [0.1, 0.15) is 15.6 Å². The first-order valence-electron chi connectivity index (χ1n) is 12.4. The lowest BCUT2D eigenvalue weighted by Gasteiger charge is -2.32. The lowest BCUT2D eigenvalue weighted by molar-refractivity contribution is 0.0607. The van der Waals surface area contributed by atoms with Gasteiger partial charge in [-0.3, -0.25) is 0 Å². The van der Waals surface area contributed by atoms with Crippen molar-refractivity contribution >= 4 is 40.4 Å². The molecule has 2 amide bonds. The molecule has 5 heterocycles. The molecule has 0 saturated carbocycles. The lowest BCUT2D eigenvalue weighted by atomic mass is 10.00. The molecule has 0 fully saturated rings. The maximum Gasteiger partial charge on any atom is 0.350 e. The van der Waals surface area contributed by atoms with Crippen LogP contribution in [0.1, 0.15) is 43.0 Å². The number of carbonyl (C=O) groups excluding carboxylic acids is 2. The topological polar surface area (TPSA) is 76.0 Å². The summed E-state index contributed by atoms with van der Waals surface area (Å²) in [6, 6.07) is 13.1. The summed E-state index contributed by atoms with van der Waals surface area (Å²) in [5, 5.41) is 5.97. The van der Waals surface area contributed by atoms with Gasteiger partial charge in [0.2, 0.25) is 0 Å². The zero-order chi connectivity index (χ0) is 26.4. The highest BCUT2D eigenvalue weighted by Gasteiger charge is 2.37. The number of nitrogens with zero attached hydrogens (tertiary/aromatic N) is 3. The van der Waals surface area contributed by atoms with Crippen LogP contribution >= 0.6 is 22.7 Å². The average Bonchev–Trinajstić information content (AvgIpc) is 3.65. The van der Waals surface area contributed by atoms with E-state index in [-0.39, 0.29) is 12.1 Å². The van der Waals surface area contributed by atoms with Crippen LogP contribution in [-0.2, 0) is 24.2 Å². The van der Waals surface area contributed by atoms with Crippen LogP contribution in [0.15, 0.2) is 54.0 Å². The number of methoxy groups -OCH3 is 2. The van der Waals surface area contributed by atoms with Crippen LogP contribution in [0.2, 0.25) is 0 Å². The number of anilines is 1. The fourth-order valence-electron chi connectivity index (χ4n) is 5.33. The second-order valence-electron chi connectivity index (χ2n) is 9.47. The molecule has 196 valence electrons. The van der Waals surface area contributed by atoms with E-state index in [1.807, 2.05) is 46.6 Å². The molecule has 0 radical (unpaired) electrons. The average molecular weight is 549 g/mol. The Labute approximate surface area is 229 Å². The van der Waals surface area contributed by atoms with E-state index in [9.17, 15) is 9.59 Å². The SMILES string of the molecule is COC(=O)c1sccc1NC(=O)N1Cc2c(sc3c2CCN(C)C3)-n2cccc2C1c1ccc(OC)cc1. The number of hydrogen-bond acceptors (Lipinski definition) is 7. The summed E-state index contributed by atoms with van der Waals surface area (Å²) in [6.07, 6.45) is 3.04. The standard InChI is InChI=1S/C28H28N4O4S2/c1-30-13-10-19-20-15-32(28(34)29-21-11-14-37-25(21)27(33)36-3)24(17-6-8-18(35-2)9-7-17)22-5-4-12-31(22)26(20)38-23(19)16-30/h4-9,11-12,14,24H,10,13,15-16H2,1-3H3,(H,29,34). The Bertz CT molecular complexity index is 1500. The van der Waals surface area contributed by atoms with Crippen molar-refractivity contribution in [3.05, 3.63) is 86.2 Å². The number of likely N-dealkylation sites (N-methyl/N-ethyl adjacent to an activating group) is 1. The third-order valence-electron chi connectivity index (χ3n) is 7.23. The summed E-state index contributed by atoms with van der Waals surface area (Å²) in [7, 11) is 5.13. The first-order valence-corrected chi connectivity index (χ1v) is 14.0. The number of esters is 1. The summed E-state index contributed by atoms with van der Waals surface area (Å²) in [4.78, 5) is 32.4. The lowest BCUT2D eigenvalue weighted by Crippen LogP contribution is -2.38. The number of thiophene rings is 2. The summed E-state index contributed by atoms with van der Waals surface area (Å²) in [5.41, 5.74) is 4.98. The van der Waals surface area contributed by atoms with Crippen LogP contribution in [0.25, 0.3) is 5.00 Å². The van der Waals surface area contributed by atoms with Crippen molar-refractivity contribution in [1.82, 2.24) is 14.4 Å². The van der Waals surface area contributed by atoms with Gasteiger partial charge in [-0.2, -0.15) is 0 Å². The number of fused-ring (bicyclic) bond motifs is 5. The maximum absolute atomic E-state index is 14.1. The molecule has 2 aliphatic heterocycles. The number of hydrogen-bond donors (Lipinski definition) is 1. The van der Waals surface area contributed by atoms with Gasteiger partial charge in [-0.25, -0.2) is 9.59 Å². The summed E-state index contributed by atoms with van der Waals surface area (Å²) < 4.78 is 12.6. The number of aromatic nitrogens is 1. The van der Waals surface area contributed by atoms with Gasteiger partial charge in [-0.1, -0.05) is 12.1 Å². The van der Waals surface area contributed by atoms with E-state index >= 15 is 0 Å². The summed E-state index contributed by atoms with van der Waals surface area (Å²) in [5.74, 6) is 0.289. The molecule has 1 N–H and O–H groups in total. The molecule has 0 aliphatic carbocycles. The molecule has 1 atom stereocenters. The predicted octanol–water partition coefficient (Wildman–Crippen LogP) is 5.52. The molecule has 6 rings (SSSR count). The molecular weight excluding hydrogens is 520 g/mol. The number of urea groups is 1. The molecule has 0 bridgehead atoms. The van der Waals surface area contributed by atoms with Gasteiger partial charge in [-0.15, -0.1) is 22.7 Å². The smallest absolute Gasteiger partial charge is 0.350 e. The number of benzene rings is 1. The van der Waals surface area contributed by atoms with Gasteiger partial charge in [0.25, 0.3) is 0 Å². The van der Waals surface area contributed by atoms with Gasteiger partial charge in [0.15, 0.2) is 0 Å². The highest BCUT2D eigenvalue weighted by atomic mass is 32.1. The van der Waals surface area contributed by atoms with Crippen LogP contribution in [0.4, 0.5) is 10.5 Å². The summed E-state index contributed by atoms with van der Waals surface area (Å²) in [6.45, 7) is 2.35. The van der Waals surface area contributed by atoms with E-state index in [0.29, 0.717) is 17.1 Å². The van der Waals surface area contributed by atoms with Gasteiger partial charge >= 0.3 is 12.0 Å². The predicted molar refractivity (Wildman–Crippen MR) is 149 cm³/mol. The molecule has 4 aromatic rings. The molecule has 8 nitrogen and oxygen atoms in total. The third kappa shape index (κ3) is 4.18. The number of nitrogens with one attached hydrogen (secondary N) is 1. The Morgan fingerprint density at radius 3 is 2.63 bits per heavy atom. The molecule has 0 saturated heterocycles. The molecule has 2 aliphatic rings. The summed E-state index contributed by atoms with van der Waals surface area (Å²) >= 11 is 3.06. The maximum atomic E-state index is 14.1. The number of rotatable bonds is 4. The quantitative estimate of drug-likeness (QED) is 0.340. The normalized spacial score (nSPS) is 16.7. The van der Waals surface area contributed by atoms with Crippen LogP contribution < -0.4 is 10.1 Å². The molecule has 38 heavy (non-hydrogen) atoms. The Kier molecular flexibility index (Phi) is 6.46. The van der Waals surface area contributed by atoms with E-state index < -0.39 is 5.97 Å². The van der Waals surface area contributed by atoms with E-state index in [0.717, 1.165) is 36.5 Å². The minimum absolute atomic E-state index is 0.275. The van der Waals surface area contributed by atoms with Crippen molar-refractivity contribution in [2.24, 2.45) is 0 Å². The minimum Gasteiger partial charge on any atom is -0.497 e. The Hall–Kier alpha value is -3.60. The Morgan fingerprint density at radius 1 is 1.05 bits per heavy atom. The van der Waals surface area contributed by atoms with Crippen molar-refractivity contribution in [3.63, 3.8) is 0 Å². The molecule has 1 aromatic carbocycles. The van der Waals surface area contributed by atoms with Gasteiger partial charge in [0.05, 0.1) is 38.2 Å². The van der Waals surface area contributed by atoms with E-state index in [2.05, 4.69) is 34.1 Å². The minimum atomic E-state index is -0.468. The Balaban J connectivity index is 1.47. The molecule has 0 spiro atoms. The first-order chi connectivity index (χ1) is 18.5. The zero-order valence-corrected chi connectivity index (χ0v) is 23.0. The van der Waals surface area contributed by atoms with Crippen LogP contribution in [0.3, 0.4) is 0 Å². The fourth-order valence-corrected chi connectivity index (χ4v) is 7.54. The van der Waals surface area contributed by atoms with Gasteiger partial charge in [-0.05, 0) is 60.3 Å². The highest BCUT2D eigenvalue weighted by molar-refractivity contribution is 7.15. The van der Waals surface area contributed by atoms with Gasteiger partial charge in [0, 0.05) is 29.7 Å². The second kappa shape index (κ2) is 9.94. The zero-order valence-electron chi connectivity index (χ0n) is 21.4. The van der Waals surface area contributed by atoms with Crippen molar-refractivity contribution in [2.75, 3.05) is 33.1 Å². The number of carbonyl (C=O) groups is 2. The van der Waals surface area contributed by atoms with Crippen molar-refractivity contribution in [1.29, 1.82) is 0 Å². The van der Waals surface area contributed by atoms with Crippen LogP contribution in [-0.4, -0.2) is 54.2 Å². The third-order valence-corrected chi connectivity index (χ3v) is 9.38. The molecular formula is C28H28N4O4S2. The van der Waals surface area contributed by atoms with Crippen LogP contribution in [0.5, 0.6) is 5.75 Å². The largest absolute Gasteiger partial charge is 0.497 e. The molecule has 3 aromatic heterocycles. The van der Waals surface area contributed by atoms with E-state index in [4.69, 9.17) is 9.47 Å². The Morgan fingerprint density at radius 2 is 1.87 bits per heavy atom. The van der Waals surface area contributed by atoms with Crippen molar-refractivity contribution in [3.8, 4) is 10.8 Å². The molecule has 1 unspecified atom stereocenters. The number of amides is 2. The molecule has 10 heteroatoms. The first kappa shape index (κ1) is 24.7. The highest BCUT2D eigenvalue weighted by Crippen LogP contribution is 2.44.